The maximum Gasteiger partial charge on any atom is 0.323 e. The molecule has 0 atom stereocenters. The molecule has 0 aliphatic carbocycles. The van der Waals surface area contributed by atoms with Crippen LogP contribution in [0.2, 0.25) is 0 Å². The molecule has 0 saturated carbocycles. The van der Waals surface area contributed by atoms with Crippen molar-refractivity contribution < 1.29 is 19.5 Å². The summed E-state index contributed by atoms with van der Waals surface area (Å²) in [6.45, 7) is -0.124. The molecule has 0 unspecified atom stereocenters. The Morgan fingerprint density at radius 1 is 1.43 bits per heavy atom. The Bertz CT molecular complexity index is 600. The fourth-order valence-electron chi connectivity index (χ4n) is 2.30. The van der Waals surface area contributed by atoms with Crippen molar-refractivity contribution in [2.75, 3.05) is 37.0 Å². The average Bonchev–Trinajstić information content (AvgIpc) is 2.73. The normalized spacial score (nSPS) is 13.0. The van der Waals surface area contributed by atoms with E-state index in [1.807, 2.05) is 0 Å². The van der Waals surface area contributed by atoms with Gasteiger partial charge in [-0.2, -0.15) is 0 Å². The van der Waals surface area contributed by atoms with Crippen LogP contribution in [-0.4, -0.2) is 50.1 Å². The predicted octanol–water partition coefficient (Wildman–Crippen LogP) is -0.157. The van der Waals surface area contributed by atoms with Gasteiger partial charge in [0.05, 0.1) is 6.42 Å². The zero-order chi connectivity index (χ0) is 15.6. The molecule has 7 heteroatoms. The molecule has 1 aliphatic heterocycles. The van der Waals surface area contributed by atoms with Crippen molar-refractivity contribution in [3.8, 4) is 0 Å². The van der Waals surface area contributed by atoms with Crippen LogP contribution in [0.3, 0.4) is 0 Å². The summed E-state index contributed by atoms with van der Waals surface area (Å²) in [6, 6.07) is 5.29. The first-order chi connectivity index (χ1) is 9.92. The molecule has 112 valence electrons. The number of anilines is 2. The molecular weight excluding hydrogens is 274 g/mol. The van der Waals surface area contributed by atoms with Crippen molar-refractivity contribution in [1.82, 2.24) is 5.32 Å². The van der Waals surface area contributed by atoms with E-state index in [4.69, 9.17) is 5.11 Å². The van der Waals surface area contributed by atoms with Gasteiger partial charge in [-0.15, -0.1) is 0 Å². The summed E-state index contributed by atoms with van der Waals surface area (Å²) in [7, 11) is 3.20. The number of hydrogen-bond donors (Lipinski definition) is 2. The van der Waals surface area contributed by atoms with Gasteiger partial charge in [0.2, 0.25) is 11.8 Å². The molecule has 0 saturated heterocycles. The lowest BCUT2D eigenvalue weighted by Gasteiger charge is -2.19. The highest BCUT2D eigenvalue weighted by Gasteiger charge is 2.29. The molecule has 1 aromatic carbocycles. The zero-order valence-corrected chi connectivity index (χ0v) is 11.9. The van der Waals surface area contributed by atoms with E-state index < -0.39 is 5.97 Å². The second-order valence-corrected chi connectivity index (χ2v) is 4.89. The number of carbonyl (C=O) groups is 3. The number of likely N-dealkylation sites (N-methyl/N-ethyl adjacent to an activating group) is 2. The standard InChI is InChI=1S/C14H17N3O4/c1-15-12(18)7-17-11-4-3-10(16(2)8-14(20)21)5-9(11)6-13(17)19/h3-5H,6-8H2,1-2H3,(H,15,18)(H,20,21). The Morgan fingerprint density at radius 2 is 2.14 bits per heavy atom. The van der Waals surface area contributed by atoms with Gasteiger partial charge >= 0.3 is 5.97 Å². The maximum absolute atomic E-state index is 12.0. The molecule has 2 rings (SSSR count). The molecule has 21 heavy (non-hydrogen) atoms. The summed E-state index contributed by atoms with van der Waals surface area (Å²) in [5.41, 5.74) is 2.24. The lowest BCUT2D eigenvalue weighted by atomic mass is 10.1. The third-order valence-corrected chi connectivity index (χ3v) is 3.39. The van der Waals surface area contributed by atoms with Crippen LogP contribution in [0, 0.1) is 0 Å². The first kappa shape index (κ1) is 14.8. The summed E-state index contributed by atoms with van der Waals surface area (Å²) in [5.74, 6) is -1.29. The van der Waals surface area contributed by atoms with E-state index in [1.165, 1.54) is 11.9 Å². The number of rotatable bonds is 5. The minimum atomic E-state index is -0.921. The number of carbonyl (C=O) groups excluding carboxylic acids is 2. The Labute approximate surface area is 122 Å². The van der Waals surface area contributed by atoms with Gasteiger partial charge in [0.25, 0.3) is 0 Å². The lowest BCUT2D eigenvalue weighted by Crippen LogP contribution is -2.37. The van der Waals surface area contributed by atoms with Gasteiger partial charge in [-0.1, -0.05) is 0 Å². The fraction of sp³-hybridized carbons (Fsp3) is 0.357. The highest BCUT2D eigenvalue weighted by molar-refractivity contribution is 6.05. The van der Waals surface area contributed by atoms with E-state index in [0.717, 1.165) is 11.3 Å². The van der Waals surface area contributed by atoms with Crippen molar-refractivity contribution in [3.05, 3.63) is 23.8 Å². The molecule has 0 bridgehead atoms. The van der Waals surface area contributed by atoms with Crippen molar-refractivity contribution in [1.29, 1.82) is 0 Å². The summed E-state index contributed by atoms with van der Waals surface area (Å²) in [5, 5.41) is 11.3. The second-order valence-electron chi connectivity index (χ2n) is 4.89. The molecule has 2 N–H and O–H groups in total. The lowest BCUT2D eigenvalue weighted by molar-refractivity contribution is -0.135. The summed E-state index contributed by atoms with van der Waals surface area (Å²) < 4.78 is 0. The topological polar surface area (TPSA) is 90.0 Å². The Kier molecular flexibility index (Phi) is 4.11. The van der Waals surface area contributed by atoms with Crippen LogP contribution >= 0.6 is 0 Å². The smallest absolute Gasteiger partial charge is 0.323 e. The Balaban J connectivity index is 2.23. The number of carboxylic acid groups (broad SMARTS) is 1. The number of carboxylic acids is 1. The minimum Gasteiger partial charge on any atom is -0.480 e. The molecule has 2 amide bonds. The first-order valence-corrected chi connectivity index (χ1v) is 6.49. The number of benzene rings is 1. The van der Waals surface area contributed by atoms with Gasteiger partial charge in [-0.05, 0) is 23.8 Å². The van der Waals surface area contributed by atoms with Crippen LogP contribution in [0.1, 0.15) is 5.56 Å². The monoisotopic (exact) mass is 291 g/mol. The number of nitrogens with zero attached hydrogens (tertiary/aromatic N) is 2. The number of hydrogen-bond acceptors (Lipinski definition) is 4. The number of amides is 2. The Hall–Kier alpha value is -2.57. The summed E-state index contributed by atoms with van der Waals surface area (Å²) >= 11 is 0. The van der Waals surface area contributed by atoms with E-state index >= 15 is 0 Å². The number of aliphatic carboxylic acids is 1. The summed E-state index contributed by atoms with van der Waals surface area (Å²) in [6.07, 6.45) is 0.223. The van der Waals surface area contributed by atoms with Gasteiger partial charge in [0.15, 0.2) is 0 Å². The van der Waals surface area contributed by atoms with Crippen molar-refractivity contribution in [2.45, 2.75) is 6.42 Å². The van der Waals surface area contributed by atoms with Crippen molar-refractivity contribution in [3.63, 3.8) is 0 Å². The summed E-state index contributed by atoms with van der Waals surface area (Å²) in [4.78, 5) is 37.2. The number of nitrogens with one attached hydrogen (secondary N) is 1. The van der Waals surface area contributed by atoms with Crippen LogP contribution in [0.25, 0.3) is 0 Å². The van der Waals surface area contributed by atoms with E-state index in [2.05, 4.69) is 5.32 Å². The molecule has 0 fully saturated rings. The molecule has 0 aromatic heterocycles. The van der Waals surface area contributed by atoms with Gasteiger partial charge in [-0.3, -0.25) is 14.4 Å². The highest BCUT2D eigenvalue weighted by Crippen LogP contribution is 2.31. The van der Waals surface area contributed by atoms with Crippen LogP contribution in [0.5, 0.6) is 0 Å². The van der Waals surface area contributed by atoms with Crippen LogP contribution in [0.15, 0.2) is 18.2 Å². The van der Waals surface area contributed by atoms with E-state index in [-0.39, 0.29) is 31.3 Å². The molecular formula is C14H17N3O4. The van der Waals surface area contributed by atoms with E-state index in [1.54, 1.807) is 30.1 Å². The van der Waals surface area contributed by atoms with Gasteiger partial charge in [0.1, 0.15) is 13.1 Å². The first-order valence-electron chi connectivity index (χ1n) is 6.49. The highest BCUT2D eigenvalue weighted by atomic mass is 16.4. The van der Waals surface area contributed by atoms with Crippen LogP contribution < -0.4 is 15.1 Å². The van der Waals surface area contributed by atoms with Crippen molar-refractivity contribution >= 4 is 29.2 Å². The molecule has 1 heterocycles. The second kappa shape index (κ2) is 5.82. The molecule has 7 nitrogen and oxygen atoms in total. The fourth-order valence-corrected chi connectivity index (χ4v) is 2.30. The predicted molar refractivity (Wildman–Crippen MR) is 77.5 cm³/mol. The van der Waals surface area contributed by atoms with Gasteiger partial charge in [0, 0.05) is 25.5 Å². The molecule has 1 aliphatic rings. The quantitative estimate of drug-likeness (QED) is 0.787. The third-order valence-electron chi connectivity index (χ3n) is 3.39. The van der Waals surface area contributed by atoms with Gasteiger partial charge < -0.3 is 20.2 Å². The molecule has 0 radical (unpaired) electrons. The third kappa shape index (κ3) is 3.13. The van der Waals surface area contributed by atoms with E-state index in [0.29, 0.717) is 5.69 Å². The largest absolute Gasteiger partial charge is 0.480 e. The Morgan fingerprint density at radius 3 is 2.76 bits per heavy atom. The SMILES string of the molecule is CNC(=O)CN1C(=O)Cc2cc(N(C)CC(=O)O)ccc21. The molecule has 1 aromatic rings. The van der Waals surface area contributed by atoms with E-state index in [9.17, 15) is 14.4 Å². The average molecular weight is 291 g/mol. The van der Waals surface area contributed by atoms with Crippen LogP contribution in [0.4, 0.5) is 11.4 Å². The molecule has 0 spiro atoms. The van der Waals surface area contributed by atoms with Crippen LogP contribution in [-0.2, 0) is 20.8 Å². The zero-order valence-electron chi connectivity index (χ0n) is 11.9. The number of fused-ring (bicyclic) bond motifs is 1. The minimum absolute atomic E-state index is 0.00730. The van der Waals surface area contributed by atoms with Crippen molar-refractivity contribution in [2.24, 2.45) is 0 Å². The van der Waals surface area contributed by atoms with Gasteiger partial charge in [-0.25, -0.2) is 0 Å². The maximum atomic E-state index is 12.0.